The molecule has 0 aromatic carbocycles. The van der Waals surface area contributed by atoms with E-state index in [1.54, 1.807) is 11.7 Å². The van der Waals surface area contributed by atoms with E-state index < -0.39 is 0 Å². The Labute approximate surface area is 121 Å². The van der Waals surface area contributed by atoms with E-state index in [2.05, 4.69) is 36.2 Å². The molecule has 114 valence electrons. The van der Waals surface area contributed by atoms with Crippen LogP contribution in [0, 0.1) is 0 Å². The topological polar surface area (TPSA) is 76.2 Å². The summed E-state index contributed by atoms with van der Waals surface area (Å²) in [5, 5.41) is 7.16. The Morgan fingerprint density at radius 1 is 1.50 bits per heavy atom. The minimum absolute atomic E-state index is 0.149. The Bertz CT molecular complexity index is 453. The fourth-order valence-electron chi connectivity index (χ4n) is 2.00. The molecule has 1 aromatic rings. The maximum atomic E-state index is 12.1. The summed E-state index contributed by atoms with van der Waals surface area (Å²) in [7, 11) is 3.83. The van der Waals surface area contributed by atoms with E-state index >= 15 is 0 Å². The van der Waals surface area contributed by atoms with Crippen molar-refractivity contribution in [2.24, 2.45) is 7.05 Å². The van der Waals surface area contributed by atoms with Crippen molar-refractivity contribution in [1.29, 1.82) is 0 Å². The number of aryl methyl sites for hydroxylation is 2. The van der Waals surface area contributed by atoms with Gasteiger partial charge in [-0.2, -0.15) is 5.10 Å². The molecule has 6 nitrogen and oxygen atoms in total. The first-order valence-corrected chi connectivity index (χ1v) is 7.18. The van der Waals surface area contributed by atoms with E-state index in [1.165, 1.54) is 0 Å². The molecule has 0 aliphatic rings. The van der Waals surface area contributed by atoms with Crippen molar-refractivity contribution in [3.05, 3.63) is 11.4 Å². The Kier molecular flexibility index (Phi) is 6.01. The molecular weight excluding hydrogens is 254 g/mol. The summed E-state index contributed by atoms with van der Waals surface area (Å²) >= 11 is 0. The smallest absolute Gasteiger partial charge is 0.271 e. The van der Waals surface area contributed by atoms with Crippen molar-refractivity contribution in [3.8, 4) is 0 Å². The van der Waals surface area contributed by atoms with Gasteiger partial charge in [-0.1, -0.05) is 6.92 Å². The highest BCUT2D eigenvalue weighted by Gasteiger charge is 2.18. The van der Waals surface area contributed by atoms with Gasteiger partial charge in [-0.3, -0.25) is 9.48 Å². The SMILES string of the molecule is CCc1nn(C)c(C(=O)NCCCN(C)C(C)C)c1N. The van der Waals surface area contributed by atoms with Gasteiger partial charge in [0.25, 0.3) is 5.91 Å². The van der Waals surface area contributed by atoms with Crippen LogP contribution in [0.15, 0.2) is 0 Å². The lowest BCUT2D eigenvalue weighted by Crippen LogP contribution is -2.32. The number of amides is 1. The zero-order valence-electron chi connectivity index (χ0n) is 13.2. The molecule has 1 rings (SSSR count). The molecule has 6 heteroatoms. The van der Waals surface area contributed by atoms with Crippen molar-refractivity contribution < 1.29 is 4.79 Å². The van der Waals surface area contributed by atoms with Crippen molar-refractivity contribution in [2.45, 2.75) is 39.7 Å². The van der Waals surface area contributed by atoms with Crippen molar-refractivity contribution in [2.75, 3.05) is 25.9 Å². The Hall–Kier alpha value is -1.56. The van der Waals surface area contributed by atoms with Gasteiger partial charge in [-0.05, 0) is 40.3 Å². The van der Waals surface area contributed by atoms with E-state index in [9.17, 15) is 4.79 Å². The largest absolute Gasteiger partial charge is 0.395 e. The number of aromatic nitrogens is 2. The van der Waals surface area contributed by atoms with E-state index in [1.807, 2.05) is 6.92 Å². The molecule has 0 bridgehead atoms. The average Bonchev–Trinajstić information content (AvgIpc) is 2.68. The second kappa shape index (κ2) is 7.28. The van der Waals surface area contributed by atoms with Crippen LogP contribution >= 0.6 is 0 Å². The zero-order chi connectivity index (χ0) is 15.3. The number of carbonyl (C=O) groups excluding carboxylic acids is 1. The molecule has 1 heterocycles. The lowest BCUT2D eigenvalue weighted by molar-refractivity contribution is 0.0943. The van der Waals surface area contributed by atoms with E-state index in [-0.39, 0.29) is 5.91 Å². The third-order valence-electron chi connectivity index (χ3n) is 3.57. The fourth-order valence-corrected chi connectivity index (χ4v) is 2.00. The van der Waals surface area contributed by atoms with Gasteiger partial charge in [0.2, 0.25) is 0 Å². The van der Waals surface area contributed by atoms with Gasteiger partial charge in [0.15, 0.2) is 0 Å². The molecule has 1 amide bonds. The van der Waals surface area contributed by atoms with Gasteiger partial charge in [0, 0.05) is 19.6 Å². The number of carbonyl (C=O) groups is 1. The molecule has 0 unspecified atom stereocenters. The molecule has 0 saturated heterocycles. The van der Waals surface area contributed by atoms with E-state index in [0.29, 0.717) is 24.0 Å². The number of anilines is 1. The summed E-state index contributed by atoms with van der Waals surface area (Å²) in [6.07, 6.45) is 1.64. The van der Waals surface area contributed by atoms with Crippen LogP contribution in [0.5, 0.6) is 0 Å². The number of hydrogen-bond donors (Lipinski definition) is 2. The summed E-state index contributed by atoms with van der Waals surface area (Å²) in [4.78, 5) is 14.4. The van der Waals surface area contributed by atoms with Gasteiger partial charge in [0.05, 0.1) is 11.4 Å². The van der Waals surface area contributed by atoms with Gasteiger partial charge >= 0.3 is 0 Å². The number of hydrogen-bond acceptors (Lipinski definition) is 4. The summed E-state index contributed by atoms with van der Waals surface area (Å²) < 4.78 is 1.56. The minimum Gasteiger partial charge on any atom is -0.395 e. The molecule has 0 aliphatic carbocycles. The van der Waals surface area contributed by atoms with Crippen LogP contribution < -0.4 is 11.1 Å². The predicted octanol–water partition coefficient (Wildman–Crippen LogP) is 1.02. The van der Waals surface area contributed by atoms with Crippen molar-refractivity contribution in [3.63, 3.8) is 0 Å². The first kappa shape index (κ1) is 16.5. The number of nitrogens with two attached hydrogens (primary N) is 1. The zero-order valence-corrected chi connectivity index (χ0v) is 13.2. The van der Waals surface area contributed by atoms with Crippen LogP contribution in [0.1, 0.15) is 43.4 Å². The standard InChI is InChI=1S/C14H27N5O/c1-6-11-12(15)13(19(5)17-11)14(20)16-8-7-9-18(4)10(2)3/h10H,6-9,15H2,1-5H3,(H,16,20). The summed E-state index contributed by atoms with van der Waals surface area (Å²) in [5.74, 6) is -0.149. The maximum Gasteiger partial charge on any atom is 0.271 e. The summed E-state index contributed by atoms with van der Waals surface area (Å²) in [6, 6.07) is 0.519. The number of nitrogens with zero attached hydrogens (tertiary/aromatic N) is 3. The van der Waals surface area contributed by atoms with Gasteiger partial charge in [0.1, 0.15) is 5.69 Å². The molecule has 0 radical (unpaired) electrons. The Morgan fingerprint density at radius 3 is 2.65 bits per heavy atom. The molecule has 0 atom stereocenters. The first-order valence-electron chi connectivity index (χ1n) is 7.18. The van der Waals surface area contributed by atoms with Crippen molar-refractivity contribution in [1.82, 2.24) is 20.0 Å². The minimum atomic E-state index is -0.149. The number of rotatable bonds is 7. The van der Waals surface area contributed by atoms with Gasteiger partial charge in [-0.25, -0.2) is 0 Å². The Balaban J connectivity index is 2.50. The maximum absolute atomic E-state index is 12.1. The van der Waals surface area contributed by atoms with Crippen LogP contribution in [0.4, 0.5) is 5.69 Å². The second-order valence-corrected chi connectivity index (χ2v) is 5.37. The highest BCUT2D eigenvalue weighted by molar-refractivity contribution is 5.97. The van der Waals surface area contributed by atoms with E-state index in [0.717, 1.165) is 25.1 Å². The average molecular weight is 281 g/mol. The third kappa shape index (κ3) is 3.96. The number of nitrogens with one attached hydrogen (secondary N) is 1. The monoisotopic (exact) mass is 281 g/mol. The summed E-state index contributed by atoms with van der Waals surface area (Å²) in [5.41, 5.74) is 7.68. The van der Waals surface area contributed by atoms with Crippen LogP contribution in [0.25, 0.3) is 0 Å². The predicted molar refractivity (Wildman–Crippen MR) is 81.7 cm³/mol. The lowest BCUT2D eigenvalue weighted by Gasteiger charge is -2.20. The van der Waals surface area contributed by atoms with Gasteiger partial charge in [-0.15, -0.1) is 0 Å². The van der Waals surface area contributed by atoms with Crippen molar-refractivity contribution >= 4 is 11.6 Å². The molecule has 0 fully saturated rings. The Morgan fingerprint density at radius 2 is 2.15 bits per heavy atom. The summed E-state index contributed by atoms with van der Waals surface area (Å²) in [6.45, 7) is 7.88. The quantitative estimate of drug-likeness (QED) is 0.732. The van der Waals surface area contributed by atoms with Crippen LogP contribution in [-0.2, 0) is 13.5 Å². The molecule has 0 saturated carbocycles. The molecule has 20 heavy (non-hydrogen) atoms. The first-order chi connectivity index (χ1) is 9.38. The molecule has 1 aromatic heterocycles. The molecular formula is C14H27N5O. The highest BCUT2D eigenvalue weighted by Crippen LogP contribution is 2.16. The molecule has 3 N–H and O–H groups in total. The van der Waals surface area contributed by atoms with E-state index in [4.69, 9.17) is 5.73 Å². The highest BCUT2D eigenvalue weighted by atomic mass is 16.2. The normalized spacial score (nSPS) is 11.3. The second-order valence-electron chi connectivity index (χ2n) is 5.37. The van der Waals surface area contributed by atoms with Gasteiger partial charge < -0.3 is 16.0 Å². The van der Waals surface area contributed by atoms with Crippen LogP contribution in [-0.4, -0.2) is 46.8 Å². The molecule has 0 spiro atoms. The number of nitrogen functional groups attached to an aromatic ring is 1. The van der Waals surface area contributed by atoms with Crippen LogP contribution in [0.3, 0.4) is 0 Å². The third-order valence-corrected chi connectivity index (χ3v) is 3.57. The van der Waals surface area contributed by atoms with Crippen LogP contribution in [0.2, 0.25) is 0 Å². The lowest BCUT2D eigenvalue weighted by atomic mass is 10.2. The molecule has 0 aliphatic heterocycles. The fraction of sp³-hybridized carbons (Fsp3) is 0.714.